The number of hydrogen-bond acceptors (Lipinski definition) is 4. The van der Waals surface area contributed by atoms with Crippen molar-refractivity contribution in [2.45, 2.75) is 16.0 Å². The molecule has 2 nitrogen and oxygen atoms in total. The lowest BCUT2D eigenvalue weighted by Crippen LogP contribution is -2.07. The van der Waals surface area contributed by atoms with Crippen molar-refractivity contribution in [3.8, 4) is 11.1 Å². The quantitative estimate of drug-likeness (QED) is 0.461. The molecule has 0 aliphatic carbocycles. The van der Waals surface area contributed by atoms with Crippen LogP contribution in [0.4, 0.5) is 13.2 Å². The van der Waals surface area contributed by atoms with E-state index in [9.17, 15) is 22.8 Å². The first kappa shape index (κ1) is 20.1. The topological polar surface area (TPSA) is 34.1 Å². The number of carbonyl (C=O) groups excluding carboxylic acids is 2. The third kappa shape index (κ3) is 5.12. The Hall–Kier alpha value is -2.25. The van der Waals surface area contributed by atoms with Crippen molar-refractivity contribution in [3.05, 3.63) is 73.3 Å². The molecule has 0 aliphatic heterocycles. The number of halogens is 3. The van der Waals surface area contributed by atoms with E-state index in [-0.39, 0.29) is 10.0 Å². The normalized spacial score (nSPS) is 11.0. The highest BCUT2D eigenvalue weighted by atomic mass is 32.2. The Bertz CT molecular complexity index is 856. The molecular weight excluding hydrogens is 381 g/mol. The van der Waals surface area contributed by atoms with Gasteiger partial charge in [-0.25, -0.2) is 0 Å². The minimum absolute atomic E-state index is 0.171. The highest BCUT2D eigenvalue weighted by Gasteiger charge is 2.34. The van der Waals surface area contributed by atoms with Crippen LogP contribution in [0.2, 0.25) is 0 Å². The molecule has 0 spiro atoms. The van der Waals surface area contributed by atoms with Crippen molar-refractivity contribution >= 4 is 33.8 Å². The van der Waals surface area contributed by atoms with Crippen LogP contribution in [0.5, 0.6) is 0 Å². The molecule has 0 bridgehead atoms. The maximum Gasteiger partial charge on any atom is 0.417 e. The van der Waals surface area contributed by atoms with Crippen LogP contribution in [0.15, 0.2) is 77.6 Å². The van der Waals surface area contributed by atoms with Gasteiger partial charge in [0.25, 0.3) is 0 Å². The number of rotatable bonds is 5. The number of hydrogen-bond donors (Lipinski definition) is 0. The first-order chi connectivity index (χ1) is 12.2. The predicted octanol–water partition coefficient (Wildman–Crippen LogP) is 5.98. The van der Waals surface area contributed by atoms with E-state index in [1.165, 1.54) is 18.2 Å². The Balaban J connectivity index is 2.38. The maximum atomic E-state index is 13.3. The maximum absolute atomic E-state index is 13.3. The molecule has 2 aromatic carbocycles. The third-order valence-electron chi connectivity index (χ3n) is 3.23. The van der Waals surface area contributed by atoms with E-state index in [2.05, 4.69) is 13.2 Å². The fourth-order valence-corrected chi connectivity index (χ4v) is 3.35. The molecule has 0 aliphatic rings. The Kier molecular flexibility index (Phi) is 6.50. The molecule has 0 atom stereocenters. The fraction of sp³-hybridized carbons (Fsp3) is 0.0526. The van der Waals surface area contributed by atoms with Crippen molar-refractivity contribution in [2.24, 2.45) is 0 Å². The Morgan fingerprint density at radius 2 is 1.38 bits per heavy atom. The van der Waals surface area contributed by atoms with Crippen molar-refractivity contribution in [3.63, 3.8) is 0 Å². The zero-order valence-corrected chi connectivity index (χ0v) is 15.0. The summed E-state index contributed by atoms with van der Waals surface area (Å²) >= 11 is 1.47. The minimum Gasteiger partial charge on any atom is -0.282 e. The van der Waals surface area contributed by atoms with Crippen molar-refractivity contribution in [1.82, 2.24) is 0 Å². The summed E-state index contributed by atoms with van der Waals surface area (Å²) in [6.07, 6.45) is -2.43. The lowest BCUT2D eigenvalue weighted by Gasteiger charge is -2.13. The monoisotopic (exact) mass is 394 g/mol. The molecule has 0 heterocycles. The average Bonchev–Trinajstić information content (AvgIpc) is 2.61. The summed E-state index contributed by atoms with van der Waals surface area (Å²) in [6.45, 7) is 6.65. The van der Waals surface area contributed by atoms with Crippen LogP contribution in [0, 0.1) is 0 Å². The van der Waals surface area contributed by atoms with Crippen molar-refractivity contribution < 1.29 is 22.8 Å². The van der Waals surface area contributed by atoms with Gasteiger partial charge in [0.15, 0.2) is 0 Å². The largest absolute Gasteiger partial charge is 0.417 e. The lowest BCUT2D eigenvalue weighted by molar-refractivity contribution is -0.139. The van der Waals surface area contributed by atoms with Gasteiger partial charge in [0.05, 0.1) is 5.56 Å². The second kappa shape index (κ2) is 8.42. The third-order valence-corrected chi connectivity index (χ3v) is 5.05. The summed E-state index contributed by atoms with van der Waals surface area (Å²) in [5.74, 6) is 0. The molecule has 0 aromatic heterocycles. The molecule has 134 valence electrons. The minimum atomic E-state index is -4.59. The van der Waals surface area contributed by atoms with E-state index in [0.29, 0.717) is 27.8 Å². The van der Waals surface area contributed by atoms with Crippen LogP contribution in [0.1, 0.15) is 5.56 Å². The van der Waals surface area contributed by atoms with Gasteiger partial charge < -0.3 is 0 Å². The number of thioether (sulfide) groups is 2. The average molecular weight is 394 g/mol. The van der Waals surface area contributed by atoms with E-state index in [4.69, 9.17) is 0 Å². The highest BCUT2D eigenvalue weighted by Crippen LogP contribution is 2.39. The van der Waals surface area contributed by atoms with E-state index < -0.39 is 16.9 Å². The molecule has 2 rings (SSSR count). The Labute approximate surface area is 157 Å². The van der Waals surface area contributed by atoms with Gasteiger partial charge in [-0.2, -0.15) is 13.2 Å². The summed E-state index contributed by atoms with van der Waals surface area (Å²) < 4.78 is 40.0. The van der Waals surface area contributed by atoms with Crippen LogP contribution in [0.3, 0.4) is 0 Å². The molecule has 2 aromatic rings. The molecule has 0 N–H and O–H groups in total. The van der Waals surface area contributed by atoms with E-state index in [1.807, 2.05) is 0 Å². The molecule has 0 radical (unpaired) electrons. The van der Waals surface area contributed by atoms with Gasteiger partial charge in [0, 0.05) is 9.79 Å². The standard InChI is InChI=1S/C19H13F3O2S2/c1-3-17(23)25-14-8-5-12(6-9-14)13-7-10-16(26-18(24)4-2)15(11-13)19(20,21)22/h3-11H,1-2H2. The van der Waals surface area contributed by atoms with Gasteiger partial charge in [-0.1, -0.05) is 31.4 Å². The van der Waals surface area contributed by atoms with Gasteiger partial charge >= 0.3 is 6.18 Å². The van der Waals surface area contributed by atoms with Gasteiger partial charge in [-0.3, -0.25) is 9.59 Å². The van der Waals surface area contributed by atoms with Crippen LogP contribution < -0.4 is 0 Å². The zero-order chi connectivity index (χ0) is 19.3. The van der Waals surface area contributed by atoms with E-state index in [0.717, 1.165) is 23.9 Å². The smallest absolute Gasteiger partial charge is 0.282 e. The number of alkyl halides is 3. The highest BCUT2D eigenvalue weighted by molar-refractivity contribution is 8.14. The summed E-state index contributed by atoms with van der Waals surface area (Å²) in [5, 5.41) is -0.776. The van der Waals surface area contributed by atoms with Crippen molar-refractivity contribution in [1.29, 1.82) is 0 Å². The lowest BCUT2D eigenvalue weighted by atomic mass is 10.0. The molecule has 26 heavy (non-hydrogen) atoms. The van der Waals surface area contributed by atoms with Gasteiger partial charge in [0.2, 0.25) is 10.2 Å². The van der Waals surface area contributed by atoms with E-state index in [1.54, 1.807) is 24.3 Å². The molecule has 0 unspecified atom stereocenters. The first-order valence-corrected chi connectivity index (χ1v) is 8.88. The summed E-state index contributed by atoms with van der Waals surface area (Å²) in [6, 6.07) is 10.4. The summed E-state index contributed by atoms with van der Waals surface area (Å²) in [5.41, 5.74) is 0.0484. The summed E-state index contributed by atoms with van der Waals surface area (Å²) in [7, 11) is 0. The Morgan fingerprint density at radius 1 is 0.846 bits per heavy atom. The van der Waals surface area contributed by atoms with Gasteiger partial charge in [0.1, 0.15) is 0 Å². The Morgan fingerprint density at radius 3 is 1.92 bits per heavy atom. The fourth-order valence-electron chi connectivity index (χ4n) is 2.04. The number of carbonyl (C=O) groups is 2. The molecule has 0 fully saturated rings. The van der Waals surface area contributed by atoms with Crippen LogP contribution in [-0.2, 0) is 15.8 Å². The summed E-state index contributed by atoms with van der Waals surface area (Å²) in [4.78, 5) is 23.2. The molecule has 0 saturated carbocycles. The SMILES string of the molecule is C=CC(=O)Sc1ccc(-c2ccc(SC(=O)C=C)c(C(F)(F)F)c2)cc1. The van der Waals surface area contributed by atoms with Crippen LogP contribution in [0.25, 0.3) is 11.1 Å². The predicted molar refractivity (Wildman–Crippen MR) is 99.0 cm³/mol. The van der Waals surface area contributed by atoms with Crippen LogP contribution >= 0.6 is 23.5 Å². The van der Waals surface area contributed by atoms with Crippen molar-refractivity contribution in [2.75, 3.05) is 0 Å². The molecule has 0 amide bonds. The number of benzene rings is 2. The second-order valence-corrected chi connectivity index (χ2v) is 7.11. The van der Waals surface area contributed by atoms with Gasteiger partial charge in [-0.15, -0.1) is 0 Å². The first-order valence-electron chi connectivity index (χ1n) is 7.24. The van der Waals surface area contributed by atoms with Crippen LogP contribution in [-0.4, -0.2) is 10.2 Å². The molecular formula is C19H13F3O2S2. The molecule has 0 saturated heterocycles. The second-order valence-electron chi connectivity index (χ2n) is 4.98. The molecule has 7 heteroatoms. The van der Waals surface area contributed by atoms with Gasteiger partial charge in [-0.05, 0) is 71.1 Å². The zero-order valence-electron chi connectivity index (χ0n) is 13.4. The van der Waals surface area contributed by atoms with E-state index >= 15 is 0 Å².